The van der Waals surface area contributed by atoms with Crippen LogP contribution in [-0.2, 0) is 33.6 Å². The second-order valence-electron chi connectivity index (χ2n) is 12.3. The molecule has 2 aromatic carbocycles. The van der Waals surface area contributed by atoms with E-state index >= 15 is 0 Å². The highest BCUT2D eigenvalue weighted by Gasteiger charge is 2.28. The Hall–Kier alpha value is -4.58. The SMILES string of the molecule is COc1ccc(C[C@@H]2NC(=O)c3ccc(OC)c(c3)CCCNC(=O)CN(C(=O)CCc3cc(Cl)no3)C[C@H](CC(C)C)NC2=O)cc1. The summed E-state index contributed by atoms with van der Waals surface area (Å²) in [5.41, 5.74) is 2.00. The lowest BCUT2D eigenvalue weighted by Gasteiger charge is -2.30. The summed E-state index contributed by atoms with van der Waals surface area (Å²) < 4.78 is 16.0. The van der Waals surface area contributed by atoms with Crippen molar-refractivity contribution in [1.29, 1.82) is 0 Å². The Bertz CT molecular complexity index is 1560. The Morgan fingerprint density at radius 1 is 1.06 bits per heavy atom. The molecule has 0 unspecified atom stereocenters. The molecule has 258 valence electrons. The fourth-order valence-electron chi connectivity index (χ4n) is 5.66. The van der Waals surface area contributed by atoms with Crippen LogP contribution in [0.5, 0.6) is 11.5 Å². The van der Waals surface area contributed by atoms with E-state index in [4.69, 9.17) is 25.6 Å². The minimum atomic E-state index is -0.939. The number of nitrogens with zero attached hydrogens (tertiary/aromatic N) is 2. The van der Waals surface area contributed by atoms with Crippen LogP contribution in [0.2, 0.25) is 5.15 Å². The lowest BCUT2D eigenvalue weighted by atomic mass is 10.00. The van der Waals surface area contributed by atoms with Gasteiger partial charge in [-0.2, -0.15) is 0 Å². The van der Waals surface area contributed by atoms with Gasteiger partial charge in [-0.05, 0) is 66.6 Å². The molecule has 4 rings (SSSR count). The molecule has 1 aromatic heterocycles. The molecule has 12 nitrogen and oxygen atoms in total. The van der Waals surface area contributed by atoms with Gasteiger partial charge in [0.25, 0.3) is 5.91 Å². The molecule has 48 heavy (non-hydrogen) atoms. The van der Waals surface area contributed by atoms with Crippen LogP contribution in [0.15, 0.2) is 53.1 Å². The molecule has 0 fully saturated rings. The Morgan fingerprint density at radius 3 is 2.50 bits per heavy atom. The van der Waals surface area contributed by atoms with Gasteiger partial charge in [-0.1, -0.05) is 42.7 Å². The number of hydrogen-bond acceptors (Lipinski definition) is 8. The van der Waals surface area contributed by atoms with Gasteiger partial charge >= 0.3 is 0 Å². The van der Waals surface area contributed by atoms with Gasteiger partial charge in [0, 0.05) is 50.0 Å². The van der Waals surface area contributed by atoms with E-state index in [0.717, 1.165) is 11.1 Å². The number of amides is 4. The number of ether oxygens (including phenoxy) is 2. The number of aromatic nitrogens is 1. The number of carbonyl (C=O) groups excluding carboxylic acids is 4. The molecular formula is C35H44ClN5O7. The lowest BCUT2D eigenvalue weighted by molar-refractivity contribution is -0.137. The minimum absolute atomic E-state index is 0.0483. The van der Waals surface area contributed by atoms with Crippen LogP contribution in [0.3, 0.4) is 0 Å². The molecule has 3 aromatic rings. The maximum absolute atomic E-state index is 14.0. The normalized spacial score (nSPS) is 18.0. The van der Waals surface area contributed by atoms with E-state index in [1.165, 1.54) is 4.90 Å². The third-order valence-electron chi connectivity index (χ3n) is 8.05. The van der Waals surface area contributed by atoms with E-state index in [9.17, 15) is 19.2 Å². The van der Waals surface area contributed by atoms with Gasteiger partial charge < -0.3 is 34.8 Å². The highest BCUT2D eigenvalue weighted by molar-refractivity contribution is 6.29. The molecule has 0 radical (unpaired) electrons. The van der Waals surface area contributed by atoms with Gasteiger partial charge in [-0.3, -0.25) is 19.2 Å². The van der Waals surface area contributed by atoms with Crippen molar-refractivity contribution in [2.75, 3.05) is 33.9 Å². The zero-order valence-electron chi connectivity index (χ0n) is 27.8. The van der Waals surface area contributed by atoms with E-state index in [0.29, 0.717) is 48.6 Å². The van der Waals surface area contributed by atoms with Gasteiger partial charge in [-0.25, -0.2) is 0 Å². The van der Waals surface area contributed by atoms with Crippen LogP contribution in [0.25, 0.3) is 0 Å². The minimum Gasteiger partial charge on any atom is -0.497 e. The maximum atomic E-state index is 14.0. The molecule has 13 heteroatoms. The van der Waals surface area contributed by atoms with E-state index in [1.807, 2.05) is 26.0 Å². The fourth-order valence-corrected chi connectivity index (χ4v) is 5.82. The number of methoxy groups -OCH3 is 2. The van der Waals surface area contributed by atoms with E-state index in [2.05, 4.69) is 21.1 Å². The third-order valence-corrected chi connectivity index (χ3v) is 8.23. The van der Waals surface area contributed by atoms with Crippen LogP contribution in [0.1, 0.15) is 60.4 Å². The number of fused-ring (bicyclic) bond motifs is 2. The standard InChI is InChI=1S/C35H44ClN5O7/c1-22(2)16-26-20-41(33(43)14-12-28-19-31(36)40-48-28)21-32(42)37-15-5-6-24-18-25(9-13-30(24)47-4)34(44)39-29(35(45)38-26)17-23-7-10-27(46-3)11-8-23/h7-11,13,18-19,22,26,29H,5-6,12,14-17,20-21H2,1-4H3,(H,37,42)(H,38,45)(H,39,44)/t26-,29-/m0/s1. The summed E-state index contributed by atoms with van der Waals surface area (Å²) in [7, 11) is 3.13. The van der Waals surface area contributed by atoms with Crippen molar-refractivity contribution in [3.63, 3.8) is 0 Å². The van der Waals surface area contributed by atoms with Crippen molar-refractivity contribution >= 4 is 35.2 Å². The average molecular weight is 682 g/mol. The first-order chi connectivity index (χ1) is 23.0. The van der Waals surface area contributed by atoms with E-state index in [1.54, 1.807) is 50.6 Å². The van der Waals surface area contributed by atoms with Crippen molar-refractivity contribution in [2.24, 2.45) is 5.92 Å². The molecule has 0 spiro atoms. The smallest absolute Gasteiger partial charge is 0.251 e. The van der Waals surface area contributed by atoms with E-state index < -0.39 is 23.9 Å². The molecule has 2 atom stereocenters. The van der Waals surface area contributed by atoms with Crippen molar-refractivity contribution in [2.45, 2.75) is 64.5 Å². The Kier molecular flexibility index (Phi) is 13.2. The van der Waals surface area contributed by atoms with Crippen LogP contribution in [-0.4, -0.2) is 79.6 Å². The molecule has 2 heterocycles. The number of hydrogen-bond donors (Lipinski definition) is 3. The molecular weight excluding hydrogens is 638 g/mol. The summed E-state index contributed by atoms with van der Waals surface area (Å²) in [4.78, 5) is 55.8. The zero-order chi connectivity index (χ0) is 34.6. The van der Waals surface area contributed by atoms with Crippen molar-refractivity contribution < 1.29 is 33.2 Å². The summed E-state index contributed by atoms with van der Waals surface area (Å²) in [6.07, 6.45) is 2.13. The average Bonchev–Trinajstić information content (AvgIpc) is 3.49. The molecule has 1 aliphatic heterocycles. The number of carbonyl (C=O) groups is 4. The second-order valence-corrected chi connectivity index (χ2v) is 12.7. The number of nitrogens with one attached hydrogen (secondary N) is 3. The number of halogens is 1. The summed E-state index contributed by atoms with van der Waals surface area (Å²) in [6.45, 7) is 4.28. The predicted molar refractivity (Wildman–Crippen MR) is 180 cm³/mol. The summed E-state index contributed by atoms with van der Waals surface area (Å²) >= 11 is 5.87. The monoisotopic (exact) mass is 681 g/mol. The largest absolute Gasteiger partial charge is 0.497 e. The highest BCUT2D eigenvalue weighted by Crippen LogP contribution is 2.22. The van der Waals surface area contributed by atoms with Crippen LogP contribution >= 0.6 is 11.6 Å². The van der Waals surface area contributed by atoms with Crippen molar-refractivity contribution in [1.82, 2.24) is 26.0 Å². The maximum Gasteiger partial charge on any atom is 0.251 e. The quantitative estimate of drug-likeness (QED) is 0.309. The van der Waals surface area contributed by atoms with Crippen LogP contribution in [0, 0.1) is 5.92 Å². The van der Waals surface area contributed by atoms with Gasteiger partial charge in [0.15, 0.2) is 5.15 Å². The van der Waals surface area contributed by atoms with Gasteiger partial charge in [0.2, 0.25) is 17.7 Å². The van der Waals surface area contributed by atoms with Crippen molar-refractivity contribution in [3.05, 3.63) is 76.1 Å². The predicted octanol–water partition coefficient (Wildman–Crippen LogP) is 3.74. The van der Waals surface area contributed by atoms with Crippen LogP contribution < -0.4 is 25.4 Å². The molecule has 0 aliphatic carbocycles. The first-order valence-electron chi connectivity index (χ1n) is 16.1. The van der Waals surface area contributed by atoms with Gasteiger partial charge in [-0.15, -0.1) is 0 Å². The highest BCUT2D eigenvalue weighted by atomic mass is 35.5. The molecule has 4 amide bonds. The summed E-state index contributed by atoms with van der Waals surface area (Å²) in [6, 6.07) is 12.5. The summed E-state index contributed by atoms with van der Waals surface area (Å²) in [5, 5.41) is 12.8. The topological polar surface area (TPSA) is 152 Å². The van der Waals surface area contributed by atoms with Gasteiger partial charge in [0.05, 0.1) is 20.8 Å². The van der Waals surface area contributed by atoms with Gasteiger partial charge in [0.1, 0.15) is 23.3 Å². The third kappa shape index (κ3) is 10.7. The number of rotatable bonds is 9. The number of benzene rings is 2. The fraction of sp³-hybridized carbons (Fsp3) is 0.457. The van der Waals surface area contributed by atoms with Crippen molar-refractivity contribution in [3.8, 4) is 11.5 Å². The number of aryl methyl sites for hydroxylation is 2. The molecule has 0 saturated carbocycles. The molecule has 2 bridgehead atoms. The van der Waals surface area contributed by atoms with Crippen LogP contribution in [0.4, 0.5) is 0 Å². The molecule has 0 saturated heterocycles. The Balaban J connectivity index is 1.65. The summed E-state index contributed by atoms with van der Waals surface area (Å²) in [5.74, 6) is 0.465. The molecule has 1 aliphatic rings. The lowest BCUT2D eigenvalue weighted by Crippen LogP contribution is -2.54. The Morgan fingerprint density at radius 2 is 1.83 bits per heavy atom. The second kappa shape index (κ2) is 17.5. The first-order valence-corrected chi connectivity index (χ1v) is 16.5. The molecule has 3 N–H and O–H groups in total. The first kappa shape index (κ1) is 36.3. The zero-order valence-corrected chi connectivity index (χ0v) is 28.6. The van der Waals surface area contributed by atoms with E-state index in [-0.39, 0.29) is 55.2 Å². The Labute approximate surface area is 285 Å².